The van der Waals surface area contributed by atoms with E-state index in [1.165, 1.54) is 75.8 Å². The first-order valence-electron chi connectivity index (χ1n) is 21.3. The molecule has 1 heterocycles. The summed E-state index contributed by atoms with van der Waals surface area (Å²) in [5, 5.41) is 16.9. The van der Waals surface area contributed by atoms with E-state index in [0.29, 0.717) is 0 Å². The molecule has 0 saturated heterocycles. The van der Waals surface area contributed by atoms with Crippen molar-refractivity contribution in [3.05, 3.63) is 224 Å². The smallest absolute Gasteiger partial charge is 0.143 e. The molecule has 0 fully saturated rings. The molecular weight excluding hydrogens is 751 g/mol. The topological polar surface area (TPSA) is 16.4 Å². The highest BCUT2D eigenvalue weighted by atomic mass is 16.3. The first-order chi connectivity index (χ1) is 30.8. The van der Waals surface area contributed by atoms with Crippen molar-refractivity contribution in [2.24, 2.45) is 0 Å². The van der Waals surface area contributed by atoms with Gasteiger partial charge in [0.15, 0.2) is 0 Å². The van der Waals surface area contributed by atoms with Gasteiger partial charge >= 0.3 is 0 Å². The summed E-state index contributed by atoms with van der Waals surface area (Å²) >= 11 is 0. The van der Waals surface area contributed by atoms with Crippen LogP contribution in [-0.4, -0.2) is 0 Å². The fourth-order valence-electron chi connectivity index (χ4n) is 10.2. The van der Waals surface area contributed by atoms with Gasteiger partial charge in [-0.15, -0.1) is 0 Å². The van der Waals surface area contributed by atoms with E-state index in [4.69, 9.17) is 4.42 Å². The van der Waals surface area contributed by atoms with Gasteiger partial charge in [0.05, 0.1) is 16.8 Å². The maximum Gasteiger partial charge on any atom is 0.143 e. The number of furan rings is 1. The summed E-state index contributed by atoms with van der Waals surface area (Å²) in [5.74, 6) is 0. The Kier molecular flexibility index (Phi) is 7.64. The van der Waals surface area contributed by atoms with Crippen LogP contribution in [0, 0.1) is 0 Å². The zero-order valence-electron chi connectivity index (χ0n) is 33.7. The zero-order valence-corrected chi connectivity index (χ0v) is 33.7. The normalized spacial score (nSPS) is 11.9. The fourth-order valence-corrected chi connectivity index (χ4v) is 10.2. The summed E-state index contributed by atoms with van der Waals surface area (Å²) in [6.07, 6.45) is 0. The minimum absolute atomic E-state index is 0.849. The Hall–Kier alpha value is -8.20. The number of hydrogen-bond acceptors (Lipinski definition) is 2. The third kappa shape index (κ3) is 5.23. The molecule has 0 N–H and O–H groups in total. The van der Waals surface area contributed by atoms with Crippen LogP contribution in [-0.2, 0) is 0 Å². The molecule has 0 aliphatic rings. The molecule has 0 aliphatic carbocycles. The van der Waals surface area contributed by atoms with Gasteiger partial charge in [0.25, 0.3) is 0 Å². The number of anilines is 3. The molecule has 1 aromatic heterocycles. The molecule has 0 bridgehead atoms. The second-order valence-electron chi connectivity index (χ2n) is 16.4. The van der Waals surface area contributed by atoms with Crippen LogP contribution < -0.4 is 4.90 Å². The molecule has 2 nitrogen and oxygen atoms in total. The molecule has 62 heavy (non-hydrogen) atoms. The van der Waals surface area contributed by atoms with Gasteiger partial charge in [0.2, 0.25) is 0 Å². The van der Waals surface area contributed by atoms with Gasteiger partial charge in [0.1, 0.15) is 11.2 Å². The second-order valence-corrected chi connectivity index (χ2v) is 16.4. The van der Waals surface area contributed by atoms with Crippen molar-refractivity contribution in [3.8, 4) is 22.3 Å². The fraction of sp³-hybridized carbons (Fsp3) is 0. The lowest BCUT2D eigenvalue weighted by atomic mass is 9.90. The van der Waals surface area contributed by atoms with Crippen LogP contribution in [0.15, 0.2) is 229 Å². The van der Waals surface area contributed by atoms with Gasteiger partial charge in [-0.3, -0.25) is 0 Å². The molecule has 0 atom stereocenters. The molecule has 0 amide bonds. The molecule has 13 rings (SSSR count). The Labute approximate surface area is 358 Å². The molecular formula is C60H37NO. The first-order valence-corrected chi connectivity index (χ1v) is 21.3. The maximum absolute atomic E-state index is 7.19. The van der Waals surface area contributed by atoms with Gasteiger partial charge in [-0.2, -0.15) is 0 Å². The van der Waals surface area contributed by atoms with Crippen LogP contribution in [0.25, 0.3) is 109 Å². The van der Waals surface area contributed by atoms with Crippen molar-refractivity contribution in [1.29, 1.82) is 0 Å². The van der Waals surface area contributed by atoms with Crippen molar-refractivity contribution in [2.75, 3.05) is 4.90 Å². The average molecular weight is 788 g/mol. The molecule has 0 saturated carbocycles. The number of nitrogens with zero attached hydrogens (tertiary/aromatic N) is 1. The Morgan fingerprint density at radius 1 is 0.290 bits per heavy atom. The van der Waals surface area contributed by atoms with Crippen LogP contribution >= 0.6 is 0 Å². The molecule has 0 radical (unpaired) electrons. The third-order valence-electron chi connectivity index (χ3n) is 13.0. The van der Waals surface area contributed by atoms with Crippen LogP contribution in [0.1, 0.15) is 0 Å². The summed E-state index contributed by atoms with van der Waals surface area (Å²) in [4.78, 5) is 2.45. The Bertz CT molecular complexity index is 3880. The molecule has 288 valence electrons. The zero-order chi connectivity index (χ0) is 40.7. The Morgan fingerprint density at radius 2 is 0.806 bits per heavy atom. The predicted molar refractivity (Wildman–Crippen MR) is 264 cm³/mol. The lowest BCUT2D eigenvalue weighted by Crippen LogP contribution is -2.11. The Morgan fingerprint density at radius 3 is 1.50 bits per heavy atom. The van der Waals surface area contributed by atoms with Crippen molar-refractivity contribution in [2.45, 2.75) is 0 Å². The summed E-state index contributed by atoms with van der Waals surface area (Å²) in [6.45, 7) is 0. The minimum Gasteiger partial charge on any atom is -0.455 e. The van der Waals surface area contributed by atoms with Crippen molar-refractivity contribution >= 4 is 104 Å². The lowest BCUT2D eigenvalue weighted by molar-refractivity contribution is 0.670. The predicted octanol–water partition coefficient (Wildman–Crippen LogP) is 17.3. The van der Waals surface area contributed by atoms with E-state index >= 15 is 0 Å². The van der Waals surface area contributed by atoms with Crippen molar-refractivity contribution in [1.82, 2.24) is 0 Å². The summed E-state index contributed by atoms with van der Waals surface area (Å²) in [5.41, 5.74) is 9.59. The van der Waals surface area contributed by atoms with Crippen LogP contribution in [0.4, 0.5) is 17.1 Å². The molecule has 0 aliphatic heterocycles. The molecule has 13 aromatic rings. The van der Waals surface area contributed by atoms with E-state index in [1.54, 1.807) is 0 Å². The van der Waals surface area contributed by atoms with E-state index in [-0.39, 0.29) is 0 Å². The molecule has 2 heteroatoms. The van der Waals surface area contributed by atoms with Crippen molar-refractivity contribution < 1.29 is 4.42 Å². The number of rotatable bonds is 5. The minimum atomic E-state index is 0.849. The summed E-state index contributed by atoms with van der Waals surface area (Å²) in [7, 11) is 0. The maximum atomic E-state index is 7.19. The van der Waals surface area contributed by atoms with E-state index in [1.807, 2.05) is 0 Å². The average Bonchev–Trinajstić information content (AvgIpc) is 3.72. The largest absolute Gasteiger partial charge is 0.455 e. The number of benzene rings is 12. The van der Waals surface area contributed by atoms with Gasteiger partial charge in [-0.1, -0.05) is 182 Å². The quantitative estimate of drug-likeness (QED) is 0.162. The molecule has 0 spiro atoms. The van der Waals surface area contributed by atoms with Gasteiger partial charge in [-0.05, 0) is 118 Å². The third-order valence-corrected chi connectivity index (χ3v) is 13.0. The van der Waals surface area contributed by atoms with E-state index in [2.05, 4.69) is 229 Å². The van der Waals surface area contributed by atoms with Gasteiger partial charge in [0, 0.05) is 22.0 Å². The lowest BCUT2D eigenvalue weighted by Gasteiger charge is -2.28. The van der Waals surface area contributed by atoms with Gasteiger partial charge < -0.3 is 9.32 Å². The van der Waals surface area contributed by atoms with E-state index < -0.39 is 0 Å². The highest BCUT2D eigenvalue weighted by molar-refractivity contribution is 6.27. The van der Waals surface area contributed by atoms with Crippen LogP contribution in [0.5, 0.6) is 0 Å². The standard InChI is InChI=1S/C60H37NO/c1-2-15-38(16-3-1)39-29-32-43(33-30-39)61(56-37-41-18-4-6-19-44(41)46-21-12-13-26-52(46)56)55-27-14-28-57-59(55)54-35-40-17-5-7-20-45(40)58(60(54)62-57)42-31-34-51-49-24-9-8-22-47(49)48-23-10-11-25-50(48)53(51)36-42/h1-37H. The van der Waals surface area contributed by atoms with Gasteiger partial charge in [-0.25, -0.2) is 0 Å². The number of hydrogen-bond donors (Lipinski definition) is 0. The van der Waals surface area contributed by atoms with Crippen LogP contribution in [0.2, 0.25) is 0 Å². The molecule has 0 unspecified atom stereocenters. The van der Waals surface area contributed by atoms with E-state index in [9.17, 15) is 0 Å². The monoisotopic (exact) mass is 787 g/mol. The summed E-state index contributed by atoms with van der Waals surface area (Å²) < 4.78 is 7.19. The highest BCUT2D eigenvalue weighted by Crippen LogP contribution is 2.50. The van der Waals surface area contributed by atoms with Crippen LogP contribution in [0.3, 0.4) is 0 Å². The molecule has 12 aromatic carbocycles. The Balaban J connectivity index is 1.11. The van der Waals surface area contributed by atoms with E-state index in [0.717, 1.165) is 50.1 Å². The first kappa shape index (κ1) is 34.6. The highest BCUT2D eigenvalue weighted by Gasteiger charge is 2.24. The van der Waals surface area contributed by atoms with Crippen molar-refractivity contribution in [3.63, 3.8) is 0 Å². The number of fused-ring (bicyclic) bond motifs is 13. The second kappa shape index (κ2) is 13.7. The summed E-state index contributed by atoms with van der Waals surface area (Å²) in [6, 6.07) is 81.7. The SMILES string of the molecule is c1ccc(-c2ccc(N(c3cc4ccccc4c4ccccc34)c3cccc4oc5c(-c6ccc7c8ccccc8c8ccccc8c7c6)c6ccccc6cc5c34)cc2)cc1.